The first-order chi connectivity index (χ1) is 11.2. The van der Waals surface area contributed by atoms with E-state index in [2.05, 4.69) is 6.92 Å². The monoisotopic (exact) mass is 322 g/mol. The Morgan fingerprint density at radius 3 is 2.09 bits per heavy atom. The van der Waals surface area contributed by atoms with Gasteiger partial charge in [0.25, 0.3) is 0 Å². The van der Waals surface area contributed by atoms with E-state index in [-0.39, 0.29) is 17.9 Å². The maximum absolute atomic E-state index is 12.9. The van der Waals surface area contributed by atoms with E-state index in [9.17, 15) is 9.18 Å². The van der Waals surface area contributed by atoms with Gasteiger partial charge < -0.3 is 4.74 Å². The Labute approximate surface area is 140 Å². The molecule has 0 spiro atoms. The van der Waals surface area contributed by atoms with E-state index in [1.54, 1.807) is 0 Å². The Balaban J connectivity index is 2.18. The standard InChI is InChI=1S/C20H31FO2/c1-3-5-6-7-8-9-10-11-12-19(4-2)23-20(22)17-13-15-18(21)16-14-17/h13-16,19H,3-12H2,1-2H3. The molecule has 1 aromatic carbocycles. The summed E-state index contributed by atoms with van der Waals surface area (Å²) >= 11 is 0. The number of halogens is 1. The molecule has 0 fully saturated rings. The number of benzene rings is 1. The van der Waals surface area contributed by atoms with Crippen molar-refractivity contribution in [2.24, 2.45) is 0 Å². The molecule has 0 saturated heterocycles. The predicted molar refractivity (Wildman–Crippen MR) is 93.1 cm³/mol. The van der Waals surface area contributed by atoms with E-state index in [1.807, 2.05) is 6.92 Å². The van der Waals surface area contributed by atoms with Gasteiger partial charge in [-0.05, 0) is 43.5 Å². The third-order valence-electron chi connectivity index (χ3n) is 4.19. The van der Waals surface area contributed by atoms with E-state index in [0.29, 0.717) is 5.56 Å². The molecule has 2 nitrogen and oxygen atoms in total. The highest BCUT2D eigenvalue weighted by atomic mass is 19.1. The van der Waals surface area contributed by atoms with Gasteiger partial charge in [0.05, 0.1) is 5.56 Å². The van der Waals surface area contributed by atoms with Gasteiger partial charge in [-0.25, -0.2) is 9.18 Å². The van der Waals surface area contributed by atoms with E-state index in [1.165, 1.54) is 69.2 Å². The molecule has 0 aliphatic carbocycles. The van der Waals surface area contributed by atoms with Gasteiger partial charge in [-0.2, -0.15) is 0 Å². The summed E-state index contributed by atoms with van der Waals surface area (Å²) in [6.07, 6.45) is 11.9. The second kappa shape index (κ2) is 12.1. The van der Waals surface area contributed by atoms with Crippen LogP contribution in [0.1, 0.15) is 88.4 Å². The number of unbranched alkanes of at least 4 members (excludes halogenated alkanes) is 7. The lowest BCUT2D eigenvalue weighted by atomic mass is 10.0. The van der Waals surface area contributed by atoms with Crippen molar-refractivity contribution in [3.05, 3.63) is 35.6 Å². The molecule has 1 rings (SSSR count). The fourth-order valence-electron chi connectivity index (χ4n) is 2.66. The van der Waals surface area contributed by atoms with Crippen LogP contribution in [0.5, 0.6) is 0 Å². The molecule has 0 amide bonds. The summed E-state index contributed by atoms with van der Waals surface area (Å²) < 4.78 is 18.4. The van der Waals surface area contributed by atoms with E-state index in [0.717, 1.165) is 19.3 Å². The molecule has 0 radical (unpaired) electrons. The molecule has 23 heavy (non-hydrogen) atoms. The number of carbonyl (C=O) groups is 1. The van der Waals surface area contributed by atoms with Crippen LogP contribution in [-0.2, 0) is 4.74 Å². The second-order valence-electron chi connectivity index (χ2n) is 6.21. The summed E-state index contributed by atoms with van der Waals surface area (Å²) in [5.41, 5.74) is 0.417. The lowest BCUT2D eigenvalue weighted by Gasteiger charge is -2.16. The number of carbonyl (C=O) groups excluding carboxylic acids is 1. The SMILES string of the molecule is CCCCCCCCCCC(CC)OC(=O)c1ccc(F)cc1. The van der Waals surface area contributed by atoms with Crippen molar-refractivity contribution in [1.29, 1.82) is 0 Å². The van der Waals surface area contributed by atoms with Crippen LogP contribution in [0.15, 0.2) is 24.3 Å². The highest BCUT2D eigenvalue weighted by molar-refractivity contribution is 5.89. The maximum Gasteiger partial charge on any atom is 0.338 e. The molecule has 0 aromatic heterocycles. The predicted octanol–water partition coefficient (Wildman–Crippen LogP) is 6.29. The summed E-state index contributed by atoms with van der Waals surface area (Å²) in [5.74, 6) is -0.691. The number of hydrogen-bond acceptors (Lipinski definition) is 2. The third-order valence-corrected chi connectivity index (χ3v) is 4.19. The average Bonchev–Trinajstić information content (AvgIpc) is 2.56. The average molecular weight is 322 g/mol. The molecule has 0 heterocycles. The third kappa shape index (κ3) is 8.73. The Hall–Kier alpha value is -1.38. The summed E-state index contributed by atoms with van der Waals surface area (Å²) in [6, 6.07) is 5.52. The van der Waals surface area contributed by atoms with Crippen LogP contribution in [0.25, 0.3) is 0 Å². The summed E-state index contributed by atoms with van der Waals surface area (Å²) in [7, 11) is 0. The van der Waals surface area contributed by atoms with Crippen LogP contribution in [0.4, 0.5) is 4.39 Å². The minimum Gasteiger partial charge on any atom is -0.459 e. The first-order valence-corrected chi connectivity index (χ1v) is 9.14. The van der Waals surface area contributed by atoms with Crippen molar-refractivity contribution in [3.63, 3.8) is 0 Å². The molecule has 1 unspecified atom stereocenters. The first kappa shape index (κ1) is 19.7. The van der Waals surface area contributed by atoms with E-state index in [4.69, 9.17) is 4.74 Å². The van der Waals surface area contributed by atoms with Gasteiger partial charge in [-0.3, -0.25) is 0 Å². The number of rotatable bonds is 12. The fraction of sp³-hybridized carbons (Fsp3) is 0.650. The van der Waals surface area contributed by atoms with Gasteiger partial charge in [0.15, 0.2) is 0 Å². The normalized spacial score (nSPS) is 12.1. The quantitative estimate of drug-likeness (QED) is 0.334. The highest BCUT2D eigenvalue weighted by Gasteiger charge is 2.14. The minimum absolute atomic E-state index is 0.0346. The van der Waals surface area contributed by atoms with Crippen molar-refractivity contribution >= 4 is 5.97 Å². The van der Waals surface area contributed by atoms with Crippen LogP contribution < -0.4 is 0 Å². The summed E-state index contributed by atoms with van der Waals surface area (Å²) in [6.45, 7) is 4.27. The van der Waals surface area contributed by atoms with Crippen molar-refractivity contribution in [2.75, 3.05) is 0 Å². The summed E-state index contributed by atoms with van der Waals surface area (Å²) in [5, 5.41) is 0. The zero-order valence-electron chi connectivity index (χ0n) is 14.7. The van der Waals surface area contributed by atoms with E-state index >= 15 is 0 Å². The van der Waals surface area contributed by atoms with Crippen molar-refractivity contribution in [1.82, 2.24) is 0 Å². The van der Waals surface area contributed by atoms with E-state index < -0.39 is 0 Å². The molecule has 1 aromatic rings. The molecule has 1 atom stereocenters. The van der Waals surface area contributed by atoms with Gasteiger partial charge in [-0.1, -0.05) is 58.8 Å². The Bertz CT molecular complexity index is 428. The molecule has 3 heteroatoms. The number of esters is 1. The maximum atomic E-state index is 12.9. The molecule has 0 N–H and O–H groups in total. The fourth-order valence-corrected chi connectivity index (χ4v) is 2.66. The molecule has 0 bridgehead atoms. The van der Waals surface area contributed by atoms with Crippen molar-refractivity contribution in [2.45, 2.75) is 84.2 Å². The summed E-state index contributed by atoms with van der Waals surface area (Å²) in [4.78, 5) is 12.0. The van der Waals surface area contributed by atoms with Crippen molar-refractivity contribution < 1.29 is 13.9 Å². The Kier molecular flexibility index (Phi) is 10.3. The lowest BCUT2D eigenvalue weighted by Crippen LogP contribution is -2.17. The van der Waals surface area contributed by atoms with Gasteiger partial charge in [-0.15, -0.1) is 0 Å². The minimum atomic E-state index is -0.351. The van der Waals surface area contributed by atoms with Crippen LogP contribution in [0.2, 0.25) is 0 Å². The largest absolute Gasteiger partial charge is 0.459 e. The molecule has 0 saturated carbocycles. The lowest BCUT2D eigenvalue weighted by molar-refractivity contribution is 0.0267. The molecular weight excluding hydrogens is 291 g/mol. The van der Waals surface area contributed by atoms with Gasteiger partial charge in [0.1, 0.15) is 11.9 Å². The van der Waals surface area contributed by atoms with Crippen LogP contribution in [0, 0.1) is 5.82 Å². The number of ether oxygens (including phenoxy) is 1. The van der Waals surface area contributed by atoms with Gasteiger partial charge in [0.2, 0.25) is 0 Å². The number of hydrogen-bond donors (Lipinski definition) is 0. The smallest absolute Gasteiger partial charge is 0.338 e. The molecule has 130 valence electrons. The van der Waals surface area contributed by atoms with Crippen LogP contribution in [-0.4, -0.2) is 12.1 Å². The van der Waals surface area contributed by atoms with Gasteiger partial charge >= 0.3 is 5.97 Å². The van der Waals surface area contributed by atoms with Crippen LogP contribution >= 0.6 is 0 Å². The van der Waals surface area contributed by atoms with Crippen molar-refractivity contribution in [3.8, 4) is 0 Å². The Morgan fingerprint density at radius 2 is 1.52 bits per heavy atom. The molecule has 0 aliphatic rings. The van der Waals surface area contributed by atoms with Crippen LogP contribution in [0.3, 0.4) is 0 Å². The Morgan fingerprint density at radius 1 is 0.957 bits per heavy atom. The topological polar surface area (TPSA) is 26.3 Å². The highest BCUT2D eigenvalue weighted by Crippen LogP contribution is 2.15. The first-order valence-electron chi connectivity index (χ1n) is 9.14. The second-order valence-corrected chi connectivity index (χ2v) is 6.21. The zero-order valence-corrected chi connectivity index (χ0v) is 14.7. The zero-order chi connectivity index (χ0) is 16.9. The molecular formula is C20H31FO2. The van der Waals surface area contributed by atoms with Gasteiger partial charge in [0, 0.05) is 0 Å². The molecule has 0 aliphatic heterocycles.